The second-order valence-electron chi connectivity index (χ2n) is 8.89. The molecule has 1 aromatic heterocycles. The number of alkyl halides is 3. The molecule has 1 saturated carbocycles. The summed E-state index contributed by atoms with van der Waals surface area (Å²) in [6.07, 6.45) is -0.389. The number of aromatic nitrogens is 1. The minimum absolute atomic E-state index is 0.0439. The maximum absolute atomic E-state index is 13.1. The second-order valence-corrected chi connectivity index (χ2v) is 9.74. The smallest absolute Gasteiger partial charge is 0.383 e. The third-order valence-electron chi connectivity index (χ3n) is 5.72. The van der Waals surface area contributed by atoms with Crippen LogP contribution >= 0.6 is 9.24 Å². The molecule has 0 bridgehead atoms. The minimum atomic E-state index is -4.53. The number of halogens is 3. The van der Waals surface area contributed by atoms with Crippen molar-refractivity contribution in [2.24, 2.45) is 28.5 Å². The second kappa shape index (κ2) is 10.2. The fourth-order valence-corrected chi connectivity index (χ4v) is 4.01. The molecule has 0 spiro atoms. The summed E-state index contributed by atoms with van der Waals surface area (Å²) in [5.74, 6) is 0.159. The number of pyridine rings is 1. The third kappa shape index (κ3) is 6.76. The summed E-state index contributed by atoms with van der Waals surface area (Å²) in [5.41, 5.74) is 5.94. The number of nitrogens with two attached hydrogens (primary N) is 1. The van der Waals surface area contributed by atoms with Crippen LogP contribution in [0.1, 0.15) is 82.7 Å². The largest absolute Gasteiger partial charge is 0.433 e. The van der Waals surface area contributed by atoms with E-state index in [2.05, 4.69) is 46.9 Å². The van der Waals surface area contributed by atoms with Crippen molar-refractivity contribution in [2.45, 2.75) is 77.6 Å². The van der Waals surface area contributed by atoms with Crippen molar-refractivity contribution < 1.29 is 18.0 Å². The molecule has 0 radical (unpaired) electrons. The lowest BCUT2D eigenvalue weighted by atomic mass is 9.89. The van der Waals surface area contributed by atoms with Crippen molar-refractivity contribution in [3.05, 3.63) is 29.1 Å². The molecule has 168 valence electrons. The summed E-state index contributed by atoms with van der Waals surface area (Å²) in [6.45, 7) is 8.39. The molecule has 0 aromatic carbocycles. The van der Waals surface area contributed by atoms with Gasteiger partial charge in [-0.1, -0.05) is 34.1 Å². The zero-order chi connectivity index (χ0) is 22.6. The number of hydrogen-bond acceptors (Lipinski definition) is 2. The average molecular weight is 443 g/mol. The molecule has 2 rings (SSSR count). The maximum atomic E-state index is 13.1. The van der Waals surface area contributed by atoms with Gasteiger partial charge in [-0.3, -0.25) is 4.79 Å². The number of aliphatic imine (C=N–C) groups is 1. The summed E-state index contributed by atoms with van der Waals surface area (Å²) >= 11 is 0. The van der Waals surface area contributed by atoms with Crippen LogP contribution < -0.4 is 5.73 Å². The number of hydrogen-bond donors (Lipinski definition) is 1. The van der Waals surface area contributed by atoms with Gasteiger partial charge in [0.05, 0.1) is 5.69 Å². The molecule has 5 atom stereocenters. The highest BCUT2D eigenvalue weighted by Gasteiger charge is 2.40. The van der Waals surface area contributed by atoms with Gasteiger partial charge in [-0.05, 0) is 55.3 Å². The third-order valence-corrected chi connectivity index (χ3v) is 6.46. The van der Waals surface area contributed by atoms with Crippen molar-refractivity contribution in [3.63, 3.8) is 0 Å². The zero-order valence-corrected chi connectivity index (χ0v) is 19.3. The molecule has 1 aliphatic rings. The molecule has 30 heavy (non-hydrogen) atoms. The van der Waals surface area contributed by atoms with Crippen molar-refractivity contribution in [3.8, 4) is 0 Å². The van der Waals surface area contributed by atoms with Crippen LogP contribution in [0.3, 0.4) is 0 Å². The Morgan fingerprint density at radius 2 is 1.93 bits per heavy atom. The van der Waals surface area contributed by atoms with Crippen LogP contribution in [0.2, 0.25) is 0 Å². The first-order valence-electron chi connectivity index (χ1n) is 10.7. The lowest BCUT2D eigenvalue weighted by Gasteiger charge is -2.18. The van der Waals surface area contributed by atoms with Gasteiger partial charge < -0.3 is 5.73 Å². The van der Waals surface area contributed by atoms with E-state index in [1.807, 2.05) is 0 Å². The summed E-state index contributed by atoms with van der Waals surface area (Å²) in [4.78, 5) is 20.8. The SMILES string of the molecule is CCC(C)CCC(CC(C)C)C(=O)N=C(N)c1ccc(C(F)(F)F)nc1C1CC1P. The molecule has 1 heterocycles. The summed E-state index contributed by atoms with van der Waals surface area (Å²) in [5, 5.41) is 0. The van der Waals surface area contributed by atoms with E-state index in [1.165, 1.54) is 6.07 Å². The predicted molar refractivity (Wildman–Crippen MR) is 117 cm³/mol. The summed E-state index contributed by atoms with van der Waals surface area (Å²) < 4.78 is 39.3. The van der Waals surface area contributed by atoms with Crippen LogP contribution in [-0.2, 0) is 11.0 Å². The fourth-order valence-electron chi connectivity index (χ4n) is 3.53. The van der Waals surface area contributed by atoms with Gasteiger partial charge in [-0.25, -0.2) is 4.98 Å². The molecule has 2 N–H and O–H groups in total. The molecule has 0 saturated heterocycles. The van der Waals surface area contributed by atoms with Crippen LogP contribution in [0.15, 0.2) is 17.1 Å². The van der Waals surface area contributed by atoms with Crippen molar-refractivity contribution >= 4 is 21.0 Å². The van der Waals surface area contributed by atoms with Crippen LogP contribution in [0.5, 0.6) is 0 Å². The number of carbonyl (C=O) groups excluding carboxylic acids is 1. The summed E-state index contributed by atoms with van der Waals surface area (Å²) in [6, 6.07) is 2.20. The van der Waals surface area contributed by atoms with Gasteiger partial charge in [0, 0.05) is 17.4 Å². The van der Waals surface area contributed by atoms with E-state index in [0.717, 1.165) is 31.7 Å². The molecular formula is C22H33F3N3OP. The first-order chi connectivity index (χ1) is 13.9. The Bertz CT molecular complexity index is 779. The number of amides is 1. The molecule has 5 unspecified atom stereocenters. The lowest BCUT2D eigenvalue weighted by molar-refractivity contribution is -0.141. The Morgan fingerprint density at radius 1 is 1.30 bits per heavy atom. The van der Waals surface area contributed by atoms with E-state index in [0.29, 0.717) is 23.8 Å². The van der Waals surface area contributed by atoms with Gasteiger partial charge in [0.25, 0.3) is 5.91 Å². The minimum Gasteiger partial charge on any atom is -0.383 e. The molecular weight excluding hydrogens is 410 g/mol. The van der Waals surface area contributed by atoms with E-state index in [9.17, 15) is 18.0 Å². The Hall–Kier alpha value is -1.49. The molecule has 1 aromatic rings. The number of rotatable bonds is 9. The zero-order valence-electron chi connectivity index (χ0n) is 18.2. The number of nitrogens with zero attached hydrogens (tertiary/aromatic N) is 2. The first-order valence-corrected chi connectivity index (χ1v) is 11.3. The van der Waals surface area contributed by atoms with Gasteiger partial charge in [-0.2, -0.15) is 18.2 Å². The van der Waals surface area contributed by atoms with Crippen molar-refractivity contribution in [1.29, 1.82) is 0 Å². The van der Waals surface area contributed by atoms with Crippen LogP contribution in [0.25, 0.3) is 0 Å². The lowest BCUT2D eigenvalue weighted by Crippen LogP contribution is -2.23. The van der Waals surface area contributed by atoms with Crippen molar-refractivity contribution in [1.82, 2.24) is 4.98 Å². The molecule has 8 heteroatoms. The average Bonchev–Trinajstić information content (AvgIpc) is 3.39. The molecule has 1 amide bonds. The Balaban J connectivity index is 2.30. The molecule has 1 aliphatic carbocycles. The predicted octanol–water partition coefficient (Wildman–Crippen LogP) is 5.55. The number of amidine groups is 1. The Labute approximate surface area is 179 Å². The van der Waals surface area contributed by atoms with E-state index in [4.69, 9.17) is 5.73 Å². The van der Waals surface area contributed by atoms with E-state index in [1.54, 1.807) is 0 Å². The van der Waals surface area contributed by atoms with E-state index in [-0.39, 0.29) is 34.9 Å². The summed E-state index contributed by atoms with van der Waals surface area (Å²) in [7, 11) is 2.61. The highest BCUT2D eigenvalue weighted by molar-refractivity contribution is 7.18. The van der Waals surface area contributed by atoms with Gasteiger partial charge in [0.2, 0.25) is 0 Å². The first kappa shape index (κ1) is 24.8. The van der Waals surface area contributed by atoms with Crippen molar-refractivity contribution in [2.75, 3.05) is 0 Å². The normalized spacial score (nSPS) is 21.6. The van der Waals surface area contributed by atoms with Crippen LogP contribution in [0, 0.1) is 17.8 Å². The van der Waals surface area contributed by atoms with Gasteiger partial charge in [-0.15, -0.1) is 9.24 Å². The molecule has 1 fully saturated rings. The van der Waals surface area contributed by atoms with Crippen LogP contribution in [-0.4, -0.2) is 22.4 Å². The topological polar surface area (TPSA) is 68.3 Å². The van der Waals surface area contributed by atoms with E-state index >= 15 is 0 Å². The van der Waals surface area contributed by atoms with E-state index < -0.39 is 11.9 Å². The Kier molecular flexibility index (Phi) is 8.43. The Morgan fingerprint density at radius 3 is 2.43 bits per heavy atom. The fraction of sp³-hybridized carbons (Fsp3) is 0.682. The highest BCUT2D eigenvalue weighted by Crippen LogP contribution is 2.47. The maximum Gasteiger partial charge on any atom is 0.433 e. The monoisotopic (exact) mass is 443 g/mol. The molecule has 4 nitrogen and oxygen atoms in total. The van der Waals surface area contributed by atoms with Gasteiger partial charge in [0.15, 0.2) is 0 Å². The highest BCUT2D eigenvalue weighted by atomic mass is 31.0. The standard InChI is InChI=1S/C22H33F3N3OP/c1-5-13(4)6-7-14(10-12(2)3)21(29)28-20(26)15-8-9-18(22(23,24)25)27-19(15)16-11-17(16)30/h8-9,12-14,16-17H,5-7,10-11,30H2,1-4H3,(H2,26,28,29). The van der Waals surface area contributed by atoms with Gasteiger partial charge in [0.1, 0.15) is 11.5 Å². The van der Waals surface area contributed by atoms with Crippen LogP contribution in [0.4, 0.5) is 13.2 Å². The molecule has 0 aliphatic heterocycles. The number of carbonyl (C=O) groups is 1. The van der Waals surface area contributed by atoms with Gasteiger partial charge >= 0.3 is 6.18 Å². The quantitative estimate of drug-likeness (QED) is 0.309.